The average Bonchev–Trinajstić information content (AvgIpc) is 2.00. The van der Waals surface area contributed by atoms with E-state index >= 15 is 0 Å². The van der Waals surface area contributed by atoms with Crippen molar-refractivity contribution >= 4 is 0 Å². The predicted molar refractivity (Wildman–Crippen MR) is 48.7 cm³/mol. The smallest absolute Gasteiger partial charge is 0.161 e. The van der Waals surface area contributed by atoms with Gasteiger partial charge in [0.2, 0.25) is 0 Å². The van der Waals surface area contributed by atoms with Gasteiger partial charge in [0.05, 0.1) is 6.61 Å². The van der Waals surface area contributed by atoms with Gasteiger partial charge in [-0.1, -0.05) is 6.07 Å². The maximum absolute atomic E-state index is 9.53. The Morgan fingerprint density at radius 2 is 2.00 bits per heavy atom. The van der Waals surface area contributed by atoms with Gasteiger partial charge in [0.25, 0.3) is 0 Å². The van der Waals surface area contributed by atoms with E-state index in [0.29, 0.717) is 12.4 Å². The largest absolute Gasteiger partial charge is 0.504 e. The maximum atomic E-state index is 9.53. The van der Waals surface area contributed by atoms with Crippen molar-refractivity contribution in [3.8, 4) is 11.5 Å². The maximum Gasteiger partial charge on any atom is 0.161 e. The lowest BCUT2D eigenvalue weighted by Crippen LogP contribution is -1.93. The van der Waals surface area contributed by atoms with Gasteiger partial charge in [0, 0.05) is 0 Å². The number of aromatic hydroxyl groups is 1. The Bertz CT molecular complexity index is 279. The molecular formula is C10H14O2. The van der Waals surface area contributed by atoms with Crippen molar-refractivity contribution in [2.24, 2.45) is 0 Å². The molecule has 0 spiro atoms. The Kier molecular flexibility index (Phi) is 2.58. The Morgan fingerprint density at radius 1 is 1.33 bits per heavy atom. The van der Waals surface area contributed by atoms with Crippen LogP contribution >= 0.6 is 0 Å². The van der Waals surface area contributed by atoms with Crippen molar-refractivity contribution in [3.05, 3.63) is 23.3 Å². The summed E-state index contributed by atoms with van der Waals surface area (Å²) < 4.78 is 5.25. The summed E-state index contributed by atoms with van der Waals surface area (Å²) in [6.07, 6.45) is 0. The fourth-order valence-electron chi connectivity index (χ4n) is 1.19. The Labute approximate surface area is 72.8 Å². The number of aryl methyl sites for hydroxylation is 2. The summed E-state index contributed by atoms with van der Waals surface area (Å²) in [5.41, 5.74) is 1.97. The molecule has 0 atom stereocenters. The predicted octanol–water partition coefficient (Wildman–Crippen LogP) is 2.41. The molecule has 0 unspecified atom stereocenters. The molecule has 0 fully saturated rings. The zero-order valence-corrected chi connectivity index (χ0v) is 7.72. The quantitative estimate of drug-likeness (QED) is 0.731. The van der Waals surface area contributed by atoms with Gasteiger partial charge in [-0.25, -0.2) is 0 Å². The lowest BCUT2D eigenvalue weighted by atomic mass is 10.1. The Hall–Kier alpha value is -1.18. The molecule has 0 bridgehead atoms. The number of ether oxygens (including phenoxy) is 1. The summed E-state index contributed by atoms with van der Waals surface area (Å²) >= 11 is 0. The molecule has 0 saturated carbocycles. The van der Waals surface area contributed by atoms with Crippen LogP contribution < -0.4 is 4.74 Å². The third-order valence-corrected chi connectivity index (χ3v) is 1.71. The van der Waals surface area contributed by atoms with Crippen LogP contribution in [0.1, 0.15) is 18.1 Å². The number of benzene rings is 1. The van der Waals surface area contributed by atoms with E-state index in [0.717, 1.165) is 11.1 Å². The molecule has 2 heteroatoms. The summed E-state index contributed by atoms with van der Waals surface area (Å²) in [5.74, 6) is 0.831. The second kappa shape index (κ2) is 3.48. The third kappa shape index (κ3) is 1.70. The summed E-state index contributed by atoms with van der Waals surface area (Å²) in [6, 6.07) is 3.77. The molecule has 0 heterocycles. The fraction of sp³-hybridized carbons (Fsp3) is 0.400. The zero-order chi connectivity index (χ0) is 9.14. The number of rotatable bonds is 2. The molecule has 0 aliphatic rings. The van der Waals surface area contributed by atoms with Crippen LogP contribution in [0.15, 0.2) is 12.1 Å². The number of hydrogen-bond donors (Lipinski definition) is 1. The van der Waals surface area contributed by atoms with Crippen LogP contribution in [0, 0.1) is 13.8 Å². The fourth-order valence-corrected chi connectivity index (χ4v) is 1.19. The minimum Gasteiger partial charge on any atom is -0.504 e. The van der Waals surface area contributed by atoms with Crippen molar-refractivity contribution in [3.63, 3.8) is 0 Å². The number of phenols is 1. The first-order valence-electron chi connectivity index (χ1n) is 4.08. The van der Waals surface area contributed by atoms with Gasteiger partial charge >= 0.3 is 0 Å². The van der Waals surface area contributed by atoms with E-state index in [9.17, 15) is 5.11 Å². The molecule has 0 radical (unpaired) electrons. The van der Waals surface area contributed by atoms with Crippen LogP contribution in [0.5, 0.6) is 11.5 Å². The van der Waals surface area contributed by atoms with Crippen molar-refractivity contribution in [1.29, 1.82) is 0 Å². The highest BCUT2D eigenvalue weighted by Crippen LogP contribution is 2.30. The minimum atomic E-state index is 0.252. The van der Waals surface area contributed by atoms with E-state index in [4.69, 9.17) is 4.74 Å². The van der Waals surface area contributed by atoms with Gasteiger partial charge in [-0.05, 0) is 38.0 Å². The normalized spacial score (nSPS) is 9.92. The van der Waals surface area contributed by atoms with Gasteiger partial charge in [-0.15, -0.1) is 0 Å². The SMILES string of the molecule is CCOc1cc(C)cc(C)c1O. The van der Waals surface area contributed by atoms with Crippen molar-refractivity contribution in [2.75, 3.05) is 6.61 Å². The first kappa shape index (κ1) is 8.91. The molecule has 2 nitrogen and oxygen atoms in total. The van der Waals surface area contributed by atoms with Gasteiger partial charge < -0.3 is 9.84 Å². The van der Waals surface area contributed by atoms with Crippen LogP contribution in [-0.2, 0) is 0 Å². The van der Waals surface area contributed by atoms with Crippen LogP contribution in [0.25, 0.3) is 0 Å². The second-order valence-electron chi connectivity index (χ2n) is 2.86. The average molecular weight is 166 g/mol. The monoisotopic (exact) mass is 166 g/mol. The molecule has 0 saturated heterocycles. The lowest BCUT2D eigenvalue weighted by molar-refractivity contribution is 0.317. The number of phenolic OH excluding ortho intramolecular Hbond substituents is 1. The summed E-state index contributed by atoms with van der Waals surface area (Å²) in [6.45, 7) is 6.33. The zero-order valence-electron chi connectivity index (χ0n) is 7.72. The van der Waals surface area contributed by atoms with E-state index in [1.165, 1.54) is 0 Å². The summed E-state index contributed by atoms with van der Waals surface area (Å²) in [7, 11) is 0. The Balaban J connectivity index is 3.09. The van der Waals surface area contributed by atoms with E-state index in [2.05, 4.69) is 0 Å². The van der Waals surface area contributed by atoms with Gasteiger partial charge in [0.15, 0.2) is 11.5 Å². The molecule has 1 N–H and O–H groups in total. The lowest BCUT2D eigenvalue weighted by Gasteiger charge is -2.08. The second-order valence-corrected chi connectivity index (χ2v) is 2.86. The third-order valence-electron chi connectivity index (χ3n) is 1.71. The van der Waals surface area contributed by atoms with Crippen LogP contribution in [0.4, 0.5) is 0 Å². The minimum absolute atomic E-state index is 0.252. The molecular weight excluding hydrogens is 152 g/mol. The van der Waals surface area contributed by atoms with E-state index in [1.807, 2.05) is 32.9 Å². The molecule has 0 aromatic heterocycles. The first-order chi connectivity index (χ1) is 5.65. The summed E-state index contributed by atoms with van der Waals surface area (Å²) in [4.78, 5) is 0. The Morgan fingerprint density at radius 3 is 2.58 bits per heavy atom. The molecule has 12 heavy (non-hydrogen) atoms. The molecule has 66 valence electrons. The summed E-state index contributed by atoms with van der Waals surface area (Å²) in [5, 5.41) is 9.53. The van der Waals surface area contributed by atoms with Crippen LogP contribution in [0.2, 0.25) is 0 Å². The van der Waals surface area contributed by atoms with Crippen LogP contribution in [0.3, 0.4) is 0 Å². The van der Waals surface area contributed by atoms with E-state index in [1.54, 1.807) is 0 Å². The highest BCUT2D eigenvalue weighted by molar-refractivity contribution is 5.47. The van der Waals surface area contributed by atoms with Crippen molar-refractivity contribution in [2.45, 2.75) is 20.8 Å². The van der Waals surface area contributed by atoms with Gasteiger partial charge in [0.1, 0.15) is 0 Å². The highest BCUT2D eigenvalue weighted by Gasteiger charge is 2.04. The molecule has 1 aromatic rings. The molecule has 0 aliphatic carbocycles. The van der Waals surface area contributed by atoms with E-state index in [-0.39, 0.29) is 5.75 Å². The first-order valence-corrected chi connectivity index (χ1v) is 4.08. The topological polar surface area (TPSA) is 29.5 Å². The van der Waals surface area contributed by atoms with Crippen LogP contribution in [-0.4, -0.2) is 11.7 Å². The molecule has 1 rings (SSSR count). The standard InChI is InChI=1S/C10H14O2/c1-4-12-9-6-7(2)5-8(3)10(9)11/h5-6,11H,4H2,1-3H3. The number of hydrogen-bond acceptors (Lipinski definition) is 2. The van der Waals surface area contributed by atoms with Gasteiger partial charge in [-0.2, -0.15) is 0 Å². The van der Waals surface area contributed by atoms with E-state index < -0.39 is 0 Å². The highest BCUT2D eigenvalue weighted by atomic mass is 16.5. The van der Waals surface area contributed by atoms with Gasteiger partial charge in [-0.3, -0.25) is 0 Å². The molecule has 0 aliphatic heterocycles. The van der Waals surface area contributed by atoms with Crippen molar-refractivity contribution < 1.29 is 9.84 Å². The van der Waals surface area contributed by atoms with Crippen molar-refractivity contribution in [1.82, 2.24) is 0 Å². The molecule has 0 amide bonds. The molecule has 1 aromatic carbocycles.